The van der Waals surface area contributed by atoms with Gasteiger partial charge in [-0.2, -0.15) is 13.2 Å². The van der Waals surface area contributed by atoms with E-state index in [9.17, 15) is 18.0 Å². The second-order valence-electron chi connectivity index (χ2n) is 9.25. The number of amides is 1. The van der Waals surface area contributed by atoms with Crippen LogP contribution in [0.2, 0.25) is 0 Å². The Morgan fingerprint density at radius 1 is 1.14 bits per heavy atom. The van der Waals surface area contributed by atoms with E-state index >= 15 is 0 Å². The molecule has 1 aromatic carbocycles. The zero-order chi connectivity index (χ0) is 25.6. The highest BCUT2D eigenvalue weighted by Crippen LogP contribution is 2.36. The maximum absolute atomic E-state index is 13.2. The predicted octanol–water partition coefficient (Wildman–Crippen LogP) is 4.90. The molecule has 11 heteroatoms. The molecule has 3 aromatic heterocycles. The van der Waals surface area contributed by atoms with Crippen LogP contribution < -0.4 is 5.32 Å². The molecule has 0 saturated carbocycles. The fourth-order valence-corrected chi connectivity index (χ4v) is 4.88. The Labute approximate surface area is 205 Å². The van der Waals surface area contributed by atoms with Crippen LogP contribution in [0.4, 0.5) is 19.0 Å². The summed E-state index contributed by atoms with van der Waals surface area (Å²) >= 11 is 0. The Bertz CT molecular complexity index is 1440. The lowest BCUT2D eigenvalue weighted by molar-refractivity contribution is -0.137. The van der Waals surface area contributed by atoms with Gasteiger partial charge in [0.15, 0.2) is 11.3 Å². The number of fused-ring (bicyclic) bond motifs is 3. The van der Waals surface area contributed by atoms with Crippen molar-refractivity contribution in [3.05, 3.63) is 59.2 Å². The summed E-state index contributed by atoms with van der Waals surface area (Å²) in [6, 6.07) is 6.85. The zero-order valence-corrected chi connectivity index (χ0v) is 20.2. The highest BCUT2D eigenvalue weighted by molar-refractivity contribution is 5.90. The van der Waals surface area contributed by atoms with E-state index in [1.54, 1.807) is 33.2 Å². The molecule has 1 N–H and O–H groups in total. The van der Waals surface area contributed by atoms with E-state index in [1.165, 1.54) is 6.07 Å². The van der Waals surface area contributed by atoms with Crippen molar-refractivity contribution < 1.29 is 18.0 Å². The van der Waals surface area contributed by atoms with Crippen molar-refractivity contribution in [3.63, 3.8) is 0 Å². The summed E-state index contributed by atoms with van der Waals surface area (Å²) in [7, 11) is 0. The van der Waals surface area contributed by atoms with Gasteiger partial charge in [-0.3, -0.25) is 9.20 Å². The van der Waals surface area contributed by atoms with Gasteiger partial charge >= 0.3 is 6.18 Å². The summed E-state index contributed by atoms with van der Waals surface area (Å²) in [6.45, 7) is 6.48. The van der Waals surface area contributed by atoms with Crippen LogP contribution in [0.15, 0.2) is 36.7 Å². The van der Waals surface area contributed by atoms with Crippen LogP contribution in [-0.4, -0.2) is 48.5 Å². The highest BCUT2D eigenvalue weighted by Gasteiger charge is 2.31. The number of hydrogen-bond acceptors (Lipinski definition) is 6. The van der Waals surface area contributed by atoms with Gasteiger partial charge in [-0.15, -0.1) is 10.2 Å². The van der Waals surface area contributed by atoms with E-state index in [0.29, 0.717) is 41.6 Å². The minimum absolute atomic E-state index is 0.0681. The molecular formula is C25H26F3N7O. The quantitative estimate of drug-likeness (QED) is 0.432. The molecule has 1 aliphatic rings. The minimum atomic E-state index is -4.42. The number of nitrogens with one attached hydrogen (secondary N) is 1. The molecule has 4 aromatic rings. The fraction of sp³-hybridized carbons (Fsp3) is 0.400. The van der Waals surface area contributed by atoms with Gasteiger partial charge in [0.2, 0.25) is 5.91 Å². The summed E-state index contributed by atoms with van der Waals surface area (Å²) in [5, 5.41) is 12.5. The van der Waals surface area contributed by atoms with E-state index in [4.69, 9.17) is 0 Å². The number of alkyl halides is 3. The highest BCUT2D eigenvalue weighted by atomic mass is 19.4. The lowest BCUT2D eigenvalue weighted by Crippen LogP contribution is -2.36. The Morgan fingerprint density at radius 2 is 1.89 bits per heavy atom. The molecule has 0 radical (unpaired) electrons. The topological polar surface area (TPSA) is 88.3 Å². The van der Waals surface area contributed by atoms with Crippen molar-refractivity contribution in [1.29, 1.82) is 0 Å². The van der Waals surface area contributed by atoms with Crippen molar-refractivity contribution in [2.45, 2.75) is 51.7 Å². The molecule has 188 valence electrons. The molecule has 1 saturated heterocycles. The van der Waals surface area contributed by atoms with Crippen LogP contribution in [0.1, 0.15) is 61.2 Å². The first-order chi connectivity index (χ1) is 17.1. The molecule has 4 heterocycles. The summed E-state index contributed by atoms with van der Waals surface area (Å²) in [6.07, 6.45) is -1.22. The first kappa shape index (κ1) is 24.0. The number of pyridine rings is 1. The number of anilines is 1. The molecule has 8 nitrogen and oxygen atoms in total. The van der Waals surface area contributed by atoms with Crippen LogP contribution in [-0.2, 0) is 11.0 Å². The fourth-order valence-electron chi connectivity index (χ4n) is 4.88. The third kappa shape index (κ3) is 4.45. The number of carbonyl (C=O) groups is 1. The number of nitrogens with zero attached hydrogens (tertiary/aromatic N) is 6. The standard InChI is InChI=1S/C25H26F3N7O/c1-14(18-5-4-6-19(11-18)25(26,27)28)30-22-21-12-20(17-7-9-34(10-8-17)16(3)36)24-33-29-13-35(24)23(21)32-15(2)31-22/h4-6,11-14,17H,7-10H2,1-3H3,(H,30,31,32)/t14-/m1/s1. The molecule has 1 atom stereocenters. The van der Waals surface area contributed by atoms with Crippen molar-refractivity contribution in [2.75, 3.05) is 18.4 Å². The van der Waals surface area contributed by atoms with Gasteiger partial charge in [-0.25, -0.2) is 9.97 Å². The van der Waals surface area contributed by atoms with Gasteiger partial charge < -0.3 is 10.2 Å². The number of hydrogen-bond donors (Lipinski definition) is 1. The maximum atomic E-state index is 13.2. The largest absolute Gasteiger partial charge is 0.416 e. The Morgan fingerprint density at radius 3 is 2.58 bits per heavy atom. The summed E-state index contributed by atoms with van der Waals surface area (Å²) in [4.78, 5) is 22.8. The van der Waals surface area contributed by atoms with Crippen molar-refractivity contribution >= 4 is 28.4 Å². The van der Waals surface area contributed by atoms with Gasteiger partial charge in [-0.1, -0.05) is 12.1 Å². The third-order valence-corrected chi connectivity index (χ3v) is 6.82. The van der Waals surface area contributed by atoms with Crippen molar-refractivity contribution in [1.82, 2.24) is 29.5 Å². The van der Waals surface area contributed by atoms with E-state index in [1.807, 2.05) is 15.4 Å². The molecule has 0 bridgehead atoms. The summed E-state index contributed by atoms with van der Waals surface area (Å²) in [5.41, 5.74) is 2.12. The van der Waals surface area contributed by atoms with Crippen LogP contribution >= 0.6 is 0 Å². The molecule has 1 amide bonds. The molecule has 0 spiro atoms. The summed E-state index contributed by atoms with van der Waals surface area (Å²) < 4.78 is 41.6. The van der Waals surface area contributed by atoms with E-state index in [-0.39, 0.29) is 11.8 Å². The molecule has 0 aliphatic carbocycles. The second-order valence-corrected chi connectivity index (χ2v) is 9.25. The monoisotopic (exact) mass is 497 g/mol. The van der Waals surface area contributed by atoms with E-state index in [2.05, 4.69) is 25.5 Å². The number of carbonyl (C=O) groups excluding carboxylic acids is 1. The first-order valence-electron chi connectivity index (χ1n) is 11.8. The maximum Gasteiger partial charge on any atom is 0.416 e. The van der Waals surface area contributed by atoms with Gasteiger partial charge in [0.05, 0.1) is 10.9 Å². The molecule has 36 heavy (non-hydrogen) atoms. The van der Waals surface area contributed by atoms with Crippen LogP contribution in [0.3, 0.4) is 0 Å². The Hall–Kier alpha value is -3.76. The van der Waals surface area contributed by atoms with E-state index in [0.717, 1.165) is 35.9 Å². The molecule has 0 unspecified atom stereocenters. The average molecular weight is 498 g/mol. The lowest BCUT2D eigenvalue weighted by atomic mass is 9.89. The number of halogens is 3. The van der Waals surface area contributed by atoms with Crippen molar-refractivity contribution in [2.24, 2.45) is 0 Å². The predicted molar refractivity (Wildman–Crippen MR) is 129 cm³/mol. The van der Waals surface area contributed by atoms with E-state index < -0.39 is 17.8 Å². The lowest BCUT2D eigenvalue weighted by Gasteiger charge is -2.31. The van der Waals surface area contributed by atoms with Gasteiger partial charge in [0.25, 0.3) is 0 Å². The molecular weight excluding hydrogens is 471 g/mol. The molecule has 1 aliphatic heterocycles. The first-order valence-corrected chi connectivity index (χ1v) is 11.8. The van der Waals surface area contributed by atoms with Gasteiger partial charge in [0.1, 0.15) is 18.0 Å². The van der Waals surface area contributed by atoms with Crippen LogP contribution in [0.5, 0.6) is 0 Å². The SMILES string of the molecule is CC(=O)N1CCC(c2cc3c(N[C@H](C)c4cccc(C(F)(F)F)c4)nc(C)nc3n3cnnc23)CC1. The second kappa shape index (κ2) is 9.03. The van der Waals surface area contributed by atoms with Gasteiger partial charge in [-0.05, 0) is 56.4 Å². The number of likely N-dealkylation sites (tertiary alicyclic amines) is 1. The normalized spacial score (nSPS) is 16.0. The number of rotatable bonds is 4. The number of aromatic nitrogens is 5. The van der Waals surface area contributed by atoms with Crippen LogP contribution in [0.25, 0.3) is 16.7 Å². The molecule has 5 rings (SSSR count). The summed E-state index contributed by atoms with van der Waals surface area (Å²) in [5.74, 6) is 1.28. The van der Waals surface area contributed by atoms with Crippen molar-refractivity contribution in [3.8, 4) is 0 Å². The minimum Gasteiger partial charge on any atom is -0.363 e. The average Bonchev–Trinajstić information content (AvgIpc) is 3.34. The third-order valence-electron chi connectivity index (χ3n) is 6.82. The number of aryl methyl sites for hydroxylation is 1. The molecule has 1 fully saturated rings. The number of piperidine rings is 1. The van der Waals surface area contributed by atoms with Gasteiger partial charge in [0, 0.05) is 31.6 Å². The van der Waals surface area contributed by atoms with Crippen LogP contribution in [0, 0.1) is 6.92 Å². The Kier molecular flexibility index (Phi) is 6.01. The zero-order valence-electron chi connectivity index (χ0n) is 20.2. The smallest absolute Gasteiger partial charge is 0.363 e. The number of benzene rings is 1. The Balaban J connectivity index is 1.55.